The van der Waals surface area contributed by atoms with Crippen molar-refractivity contribution in [2.24, 2.45) is 0 Å². The van der Waals surface area contributed by atoms with Gasteiger partial charge in [0.05, 0.1) is 0 Å². The van der Waals surface area contributed by atoms with Gasteiger partial charge in [0.2, 0.25) is 0 Å². The minimum Gasteiger partial charge on any atom is -0.480 e. The first-order valence-corrected chi connectivity index (χ1v) is 4.91. The van der Waals surface area contributed by atoms with Gasteiger partial charge in [-0.05, 0) is 12.8 Å². The highest BCUT2D eigenvalue weighted by molar-refractivity contribution is 5.95. The third-order valence-corrected chi connectivity index (χ3v) is 2.62. The van der Waals surface area contributed by atoms with Crippen LogP contribution < -0.4 is 5.69 Å². The summed E-state index contributed by atoms with van der Waals surface area (Å²) in [5.41, 5.74) is -0.382. The second kappa shape index (κ2) is 3.84. The molecule has 0 unspecified atom stereocenters. The zero-order valence-electron chi connectivity index (χ0n) is 8.40. The molecule has 0 aliphatic carbocycles. The number of imidazole rings is 1. The van der Waals surface area contributed by atoms with E-state index >= 15 is 0 Å². The van der Waals surface area contributed by atoms with Crippen LogP contribution in [0, 0.1) is 0 Å². The van der Waals surface area contributed by atoms with Crippen molar-refractivity contribution < 1.29 is 14.7 Å². The summed E-state index contributed by atoms with van der Waals surface area (Å²) in [5.74, 6) is -1.47. The molecule has 1 saturated heterocycles. The van der Waals surface area contributed by atoms with Crippen LogP contribution in [0.1, 0.15) is 23.3 Å². The van der Waals surface area contributed by atoms with Crippen molar-refractivity contribution in [1.82, 2.24) is 14.9 Å². The van der Waals surface area contributed by atoms with E-state index in [0.29, 0.717) is 19.4 Å². The van der Waals surface area contributed by atoms with Crippen LogP contribution in [0.3, 0.4) is 0 Å². The number of aromatic amines is 2. The molecule has 1 aromatic rings. The number of aromatic nitrogens is 2. The second-order valence-electron chi connectivity index (χ2n) is 3.65. The van der Waals surface area contributed by atoms with Gasteiger partial charge in [-0.3, -0.25) is 4.79 Å². The molecular formula is C9H11N3O4. The van der Waals surface area contributed by atoms with E-state index in [1.54, 1.807) is 0 Å². The lowest BCUT2D eigenvalue weighted by Gasteiger charge is -2.20. The molecule has 2 heterocycles. The summed E-state index contributed by atoms with van der Waals surface area (Å²) in [6.45, 7) is 0.406. The molecule has 1 fully saturated rings. The Morgan fingerprint density at radius 2 is 2.25 bits per heavy atom. The Morgan fingerprint density at radius 3 is 2.81 bits per heavy atom. The van der Waals surface area contributed by atoms with Gasteiger partial charge in [-0.15, -0.1) is 0 Å². The largest absolute Gasteiger partial charge is 0.480 e. The van der Waals surface area contributed by atoms with Crippen LogP contribution >= 0.6 is 0 Å². The van der Waals surface area contributed by atoms with E-state index in [9.17, 15) is 14.4 Å². The van der Waals surface area contributed by atoms with Gasteiger partial charge in [-0.2, -0.15) is 0 Å². The Balaban J connectivity index is 2.21. The van der Waals surface area contributed by atoms with E-state index in [4.69, 9.17) is 5.11 Å². The Bertz CT molecular complexity index is 475. The van der Waals surface area contributed by atoms with E-state index in [1.165, 1.54) is 11.1 Å². The molecule has 1 atom stereocenters. The smallest absolute Gasteiger partial charge is 0.326 e. The number of hydrogen-bond donors (Lipinski definition) is 3. The third kappa shape index (κ3) is 1.71. The normalized spacial score (nSPS) is 20.0. The molecule has 7 heteroatoms. The third-order valence-electron chi connectivity index (χ3n) is 2.62. The maximum atomic E-state index is 11.8. The number of amides is 1. The number of H-pyrrole nitrogens is 2. The lowest BCUT2D eigenvalue weighted by molar-refractivity contribution is -0.141. The van der Waals surface area contributed by atoms with Crippen molar-refractivity contribution >= 4 is 11.9 Å². The van der Waals surface area contributed by atoms with Gasteiger partial charge < -0.3 is 20.0 Å². The molecule has 1 aliphatic rings. The fourth-order valence-electron chi connectivity index (χ4n) is 1.87. The predicted octanol–water partition coefficient (Wildman–Crippen LogP) is -0.608. The average Bonchev–Trinajstić information content (AvgIpc) is 2.84. The van der Waals surface area contributed by atoms with Crippen LogP contribution in [0.5, 0.6) is 0 Å². The summed E-state index contributed by atoms with van der Waals surface area (Å²) in [5, 5.41) is 8.91. The van der Waals surface area contributed by atoms with E-state index in [-0.39, 0.29) is 5.69 Å². The lowest BCUT2D eigenvalue weighted by atomic mass is 10.2. The first-order chi connectivity index (χ1) is 7.59. The molecule has 2 rings (SSSR count). The summed E-state index contributed by atoms with van der Waals surface area (Å²) in [7, 11) is 0. The number of nitrogens with zero attached hydrogens (tertiary/aromatic N) is 1. The Labute approximate surface area is 90.1 Å². The van der Waals surface area contributed by atoms with Gasteiger partial charge in [0, 0.05) is 12.7 Å². The van der Waals surface area contributed by atoms with Crippen molar-refractivity contribution in [3.05, 3.63) is 22.4 Å². The lowest BCUT2D eigenvalue weighted by Crippen LogP contribution is -2.40. The molecule has 0 radical (unpaired) electrons. The fourth-order valence-corrected chi connectivity index (χ4v) is 1.87. The number of nitrogens with one attached hydrogen (secondary N) is 2. The van der Waals surface area contributed by atoms with Gasteiger partial charge in [0.25, 0.3) is 5.91 Å². The van der Waals surface area contributed by atoms with Crippen molar-refractivity contribution in [2.45, 2.75) is 18.9 Å². The number of aliphatic carboxylic acids is 1. The van der Waals surface area contributed by atoms with Crippen molar-refractivity contribution in [3.63, 3.8) is 0 Å². The Kier molecular flexibility index (Phi) is 2.51. The summed E-state index contributed by atoms with van der Waals surface area (Å²) in [6.07, 6.45) is 2.37. The molecule has 0 spiro atoms. The van der Waals surface area contributed by atoms with Crippen molar-refractivity contribution in [1.29, 1.82) is 0 Å². The second-order valence-corrected chi connectivity index (χ2v) is 3.65. The number of hydrogen-bond acceptors (Lipinski definition) is 3. The molecule has 0 saturated carbocycles. The molecule has 3 N–H and O–H groups in total. The Morgan fingerprint density at radius 1 is 1.50 bits per heavy atom. The first-order valence-electron chi connectivity index (χ1n) is 4.91. The molecule has 0 bridgehead atoms. The predicted molar refractivity (Wildman–Crippen MR) is 53.1 cm³/mol. The van der Waals surface area contributed by atoms with Crippen molar-refractivity contribution in [3.8, 4) is 0 Å². The molecule has 7 nitrogen and oxygen atoms in total. The van der Waals surface area contributed by atoms with Crippen LogP contribution in [0.2, 0.25) is 0 Å². The van der Waals surface area contributed by atoms with Crippen LogP contribution in [-0.2, 0) is 4.79 Å². The van der Waals surface area contributed by atoms with Gasteiger partial charge >= 0.3 is 11.7 Å². The zero-order chi connectivity index (χ0) is 11.7. The van der Waals surface area contributed by atoms with Crippen LogP contribution in [0.15, 0.2) is 11.0 Å². The first kappa shape index (κ1) is 10.5. The molecule has 16 heavy (non-hydrogen) atoms. The summed E-state index contributed by atoms with van der Waals surface area (Å²) < 4.78 is 0. The number of carbonyl (C=O) groups is 2. The minimum atomic E-state index is -1.01. The SMILES string of the molecule is O=C(O)[C@H]1CCCN1C(=O)c1c[nH]c(=O)[nH]1. The van der Waals surface area contributed by atoms with Crippen LogP contribution in [0.25, 0.3) is 0 Å². The molecular weight excluding hydrogens is 214 g/mol. The van der Waals surface area contributed by atoms with Crippen LogP contribution in [-0.4, -0.2) is 44.4 Å². The maximum Gasteiger partial charge on any atom is 0.326 e. The van der Waals surface area contributed by atoms with E-state index in [1.807, 2.05) is 0 Å². The number of carbonyl (C=O) groups excluding carboxylic acids is 1. The van der Waals surface area contributed by atoms with Gasteiger partial charge in [-0.25, -0.2) is 9.59 Å². The van der Waals surface area contributed by atoms with E-state index in [2.05, 4.69) is 9.97 Å². The van der Waals surface area contributed by atoms with Gasteiger partial charge in [-0.1, -0.05) is 0 Å². The van der Waals surface area contributed by atoms with Gasteiger partial charge in [0.1, 0.15) is 11.7 Å². The fraction of sp³-hybridized carbons (Fsp3) is 0.444. The number of likely N-dealkylation sites (tertiary alicyclic amines) is 1. The standard InChI is InChI=1S/C9H11N3O4/c13-7(5-4-10-9(16)11-5)12-3-1-2-6(12)8(14)15/h4,6H,1-3H2,(H,14,15)(H2,10,11,16)/t6-/m1/s1. The Hall–Kier alpha value is -2.05. The number of rotatable bonds is 2. The topological polar surface area (TPSA) is 106 Å². The summed E-state index contributed by atoms with van der Waals surface area (Å²) >= 11 is 0. The molecule has 0 aromatic carbocycles. The summed E-state index contributed by atoms with van der Waals surface area (Å²) in [6, 6.07) is -0.786. The van der Waals surface area contributed by atoms with Gasteiger partial charge in [0.15, 0.2) is 0 Å². The van der Waals surface area contributed by atoms with Crippen LogP contribution in [0.4, 0.5) is 0 Å². The number of carboxylic acid groups (broad SMARTS) is 1. The molecule has 86 valence electrons. The summed E-state index contributed by atoms with van der Waals surface area (Å²) in [4.78, 5) is 39.4. The highest BCUT2D eigenvalue weighted by Gasteiger charge is 2.34. The minimum absolute atomic E-state index is 0.0955. The molecule has 1 aliphatic heterocycles. The average molecular weight is 225 g/mol. The van der Waals surface area contributed by atoms with E-state index in [0.717, 1.165) is 0 Å². The highest BCUT2D eigenvalue weighted by Crippen LogP contribution is 2.19. The van der Waals surface area contributed by atoms with E-state index < -0.39 is 23.6 Å². The quantitative estimate of drug-likeness (QED) is 0.624. The molecule has 1 amide bonds. The number of carboxylic acids is 1. The van der Waals surface area contributed by atoms with Crippen molar-refractivity contribution in [2.75, 3.05) is 6.54 Å². The monoisotopic (exact) mass is 225 g/mol. The zero-order valence-corrected chi connectivity index (χ0v) is 8.40. The molecule has 1 aromatic heterocycles. The highest BCUT2D eigenvalue weighted by atomic mass is 16.4. The maximum absolute atomic E-state index is 11.8.